The molecule has 0 aliphatic heterocycles. The number of rotatable bonds is 13. The van der Waals surface area contributed by atoms with Gasteiger partial charge in [0.15, 0.2) is 0 Å². The summed E-state index contributed by atoms with van der Waals surface area (Å²) in [6, 6.07) is 75.0. The summed E-state index contributed by atoms with van der Waals surface area (Å²) in [6.07, 6.45) is 9.26. The van der Waals surface area contributed by atoms with E-state index in [0.29, 0.717) is 5.56 Å². The van der Waals surface area contributed by atoms with Crippen molar-refractivity contribution in [3.05, 3.63) is 257 Å². The fourth-order valence-electron chi connectivity index (χ4n) is 8.89. The van der Waals surface area contributed by atoms with Crippen molar-refractivity contribution >= 4 is 0 Å². The maximum Gasteiger partial charge on any atom is 3.00 e. The Bertz CT molecular complexity index is 3310. The molecule has 10 aromatic rings. The fraction of sp³-hybridized carbons (Fsp3) is 0.108. The van der Waals surface area contributed by atoms with E-state index in [0.717, 1.165) is 115 Å². The second kappa shape index (κ2) is 21.6. The molecule has 0 radical (unpaired) electrons. The Morgan fingerprint density at radius 2 is 0.900 bits per heavy atom. The van der Waals surface area contributed by atoms with Crippen LogP contribution in [0.2, 0.25) is 0 Å². The standard InChI is InChI=1S/C65H49N4.Ir/c1-44-11-32-63(67-41-44)54-22-18-47(19-23-54)14-16-49-35-50(17-15-48-20-24-55(25-21-48)64-33-12-45(2)42-68-64)37-58(36-49)59-9-4-5-10-60(59)61-31-30-57(65-34-13-46(3)43-69-65)39-62(61)53-28-26-52(27-29-53)56-8-6-7-51(38-56)40-66;/h4-13,18-22,24,26-29,31-39,41-43H,14-17H2,1-3H3;/q-3;+3. The molecule has 5 heteroatoms. The third-order valence-electron chi connectivity index (χ3n) is 12.8. The molecule has 0 fully saturated rings. The minimum absolute atomic E-state index is 0. The Kier molecular flexibility index (Phi) is 14.6. The maximum atomic E-state index is 9.59. The Balaban J connectivity index is 0.00000608. The van der Waals surface area contributed by atoms with Gasteiger partial charge in [0.1, 0.15) is 0 Å². The van der Waals surface area contributed by atoms with Gasteiger partial charge in [0.2, 0.25) is 0 Å². The number of pyridine rings is 3. The molecule has 3 heterocycles. The molecule has 0 bridgehead atoms. The average molecular weight is 1080 g/mol. The van der Waals surface area contributed by atoms with Gasteiger partial charge in [0.05, 0.1) is 11.6 Å². The van der Waals surface area contributed by atoms with Gasteiger partial charge < -0.3 is 15.0 Å². The molecule has 338 valence electrons. The third-order valence-corrected chi connectivity index (χ3v) is 12.8. The first-order valence-electron chi connectivity index (χ1n) is 23.5. The van der Waals surface area contributed by atoms with Gasteiger partial charge in [-0.2, -0.15) is 5.26 Å². The number of benzene rings is 7. The minimum Gasteiger partial charge on any atom is -0.304 e. The van der Waals surface area contributed by atoms with E-state index in [9.17, 15) is 5.26 Å². The van der Waals surface area contributed by atoms with Crippen LogP contribution in [0.3, 0.4) is 0 Å². The normalized spacial score (nSPS) is 10.9. The Morgan fingerprint density at radius 1 is 0.386 bits per heavy atom. The Morgan fingerprint density at radius 3 is 1.41 bits per heavy atom. The van der Waals surface area contributed by atoms with E-state index in [4.69, 9.17) is 4.98 Å². The van der Waals surface area contributed by atoms with Crippen molar-refractivity contribution in [1.82, 2.24) is 15.0 Å². The minimum atomic E-state index is 0. The summed E-state index contributed by atoms with van der Waals surface area (Å²) in [4.78, 5) is 14.0. The van der Waals surface area contributed by atoms with E-state index in [2.05, 4.69) is 213 Å². The van der Waals surface area contributed by atoms with E-state index in [1.807, 2.05) is 36.8 Å². The van der Waals surface area contributed by atoms with Crippen molar-refractivity contribution in [2.75, 3.05) is 0 Å². The predicted molar refractivity (Wildman–Crippen MR) is 281 cm³/mol. The molecular weight excluding hydrogens is 1030 g/mol. The molecule has 10 rings (SSSR count). The van der Waals surface area contributed by atoms with Crippen LogP contribution in [-0.2, 0) is 45.8 Å². The molecule has 0 spiro atoms. The van der Waals surface area contributed by atoms with Crippen LogP contribution in [0.1, 0.15) is 44.5 Å². The SMILES string of the molecule is Cc1ccc(-c2[c-]cc(CCc3cc(CCc4c[c-]c(-c5ccc(C)cn5)cc4)cc(-c4ccccc4-c4c[c-]c(-c5ccc(C)cn5)cc4-c4ccc(-c5cccc(C#N)c5)cc4)c3)cc2)nc1.[Ir+3]. The van der Waals surface area contributed by atoms with Crippen molar-refractivity contribution in [3.63, 3.8) is 0 Å². The molecule has 4 nitrogen and oxygen atoms in total. The van der Waals surface area contributed by atoms with Crippen molar-refractivity contribution in [3.8, 4) is 84.3 Å². The van der Waals surface area contributed by atoms with Crippen LogP contribution in [0.25, 0.3) is 78.3 Å². The zero-order valence-corrected chi connectivity index (χ0v) is 41.8. The van der Waals surface area contributed by atoms with E-state index in [1.54, 1.807) is 0 Å². The predicted octanol–water partition coefficient (Wildman–Crippen LogP) is 15.3. The van der Waals surface area contributed by atoms with Crippen LogP contribution < -0.4 is 0 Å². The summed E-state index contributed by atoms with van der Waals surface area (Å²) in [5.74, 6) is 0. The van der Waals surface area contributed by atoms with E-state index in [-0.39, 0.29) is 20.1 Å². The Hall–Kier alpha value is -7.87. The summed E-state index contributed by atoms with van der Waals surface area (Å²) in [7, 11) is 0. The summed E-state index contributed by atoms with van der Waals surface area (Å²) >= 11 is 0. The molecule has 0 aliphatic rings. The summed E-state index contributed by atoms with van der Waals surface area (Å²) in [5.41, 5.74) is 23.6. The quantitative estimate of drug-likeness (QED) is 0.108. The molecule has 3 aromatic heterocycles. The first kappa shape index (κ1) is 47.2. The first-order chi connectivity index (χ1) is 33.8. The molecule has 0 amide bonds. The topological polar surface area (TPSA) is 62.5 Å². The number of aryl methyl sites for hydroxylation is 7. The van der Waals surface area contributed by atoms with E-state index < -0.39 is 0 Å². The zero-order valence-electron chi connectivity index (χ0n) is 39.4. The average Bonchev–Trinajstić information content (AvgIpc) is 3.40. The molecular formula is C65H49IrN4. The van der Waals surface area contributed by atoms with Gasteiger partial charge >= 0.3 is 20.1 Å². The number of aromatic nitrogens is 3. The van der Waals surface area contributed by atoms with Crippen LogP contribution >= 0.6 is 0 Å². The summed E-state index contributed by atoms with van der Waals surface area (Å²) in [6.45, 7) is 6.17. The van der Waals surface area contributed by atoms with E-state index in [1.165, 1.54) is 27.8 Å². The van der Waals surface area contributed by atoms with Crippen LogP contribution in [0, 0.1) is 50.3 Å². The van der Waals surface area contributed by atoms with Gasteiger partial charge in [-0.25, -0.2) is 0 Å². The molecule has 7 aromatic carbocycles. The molecule has 0 N–H and O–H groups in total. The maximum absolute atomic E-state index is 9.59. The number of nitrogens with zero attached hydrogens (tertiary/aromatic N) is 4. The Labute approximate surface area is 425 Å². The first-order valence-corrected chi connectivity index (χ1v) is 23.5. The summed E-state index contributed by atoms with van der Waals surface area (Å²) in [5, 5.41) is 9.59. The third kappa shape index (κ3) is 11.0. The fourth-order valence-corrected chi connectivity index (χ4v) is 8.89. The van der Waals surface area contributed by atoms with Gasteiger partial charge in [0, 0.05) is 18.6 Å². The zero-order chi connectivity index (χ0) is 47.1. The van der Waals surface area contributed by atoms with Gasteiger partial charge in [-0.05, 0) is 118 Å². The van der Waals surface area contributed by atoms with Gasteiger partial charge in [-0.15, -0.1) is 94.5 Å². The van der Waals surface area contributed by atoms with Crippen LogP contribution in [0.5, 0.6) is 0 Å². The van der Waals surface area contributed by atoms with Gasteiger partial charge in [-0.1, -0.05) is 145 Å². The molecule has 0 saturated heterocycles. The van der Waals surface area contributed by atoms with Crippen LogP contribution in [0.15, 0.2) is 195 Å². The molecule has 0 unspecified atom stereocenters. The molecule has 0 saturated carbocycles. The van der Waals surface area contributed by atoms with Gasteiger partial charge in [0.25, 0.3) is 0 Å². The van der Waals surface area contributed by atoms with Gasteiger partial charge in [-0.3, -0.25) is 0 Å². The van der Waals surface area contributed by atoms with Crippen molar-refractivity contribution in [2.45, 2.75) is 46.5 Å². The molecule has 0 aliphatic carbocycles. The smallest absolute Gasteiger partial charge is 0.304 e. The number of nitriles is 1. The van der Waals surface area contributed by atoms with Crippen molar-refractivity contribution < 1.29 is 20.1 Å². The molecule has 0 atom stereocenters. The van der Waals surface area contributed by atoms with Crippen LogP contribution in [0.4, 0.5) is 0 Å². The monoisotopic (exact) mass is 1080 g/mol. The number of hydrogen-bond acceptors (Lipinski definition) is 4. The summed E-state index contributed by atoms with van der Waals surface area (Å²) < 4.78 is 0. The van der Waals surface area contributed by atoms with Crippen molar-refractivity contribution in [2.24, 2.45) is 0 Å². The second-order valence-corrected chi connectivity index (χ2v) is 17.9. The molecule has 70 heavy (non-hydrogen) atoms. The number of hydrogen-bond donors (Lipinski definition) is 0. The second-order valence-electron chi connectivity index (χ2n) is 17.9. The van der Waals surface area contributed by atoms with E-state index >= 15 is 0 Å². The van der Waals surface area contributed by atoms with Crippen molar-refractivity contribution in [1.29, 1.82) is 5.26 Å². The largest absolute Gasteiger partial charge is 3.00 e. The van der Waals surface area contributed by atoms with Crippen LogP contribution in [-0.4, -0.2) is 15.0 Å².